The number of alkyl halides is 3. The fourth-order valence-electron chi connectivity index (χ4n) is 3.41. The summed E-state index contributed by atoms with van der Waals surface area (Å²) in [6.07, 6.45) is -4.02. The van der Waals surface area contributed by atoms with Crippen LogP contribution >= 0.6 is 0 Å². The molecule has 0 bridgehead atoms. The van der Waals surface area contributed by atoms with Crippen molar-refractivity contribution in [3.63, 3.8) is 0 Å². The normalized spacial score (nSPS) is 12.1. The van der Waals surface area contributed by atoms with Gasteiger partial charge in [0, 0.05) is 26.2 Å². The Morgan fingerprint density at radius 3 is 2.54 bits per heavy atom. The van der Waals surface area contributed by atoms with Crippen molar-refractivity contribution in [1.29, 1.82) is 0 Å². The van der Waals surface area contributed by atoms with Crippen LogP contribution in [0.2, 0.25) is 0 Å². The van der Waals surface area contributed by atoms with Gasteiger partial charge < -0.3 is 10.7 Å². The molecule has 2 aromatic heterocycles. The van der Waals surface area contributed by atoms with Crippen LogP contribution < -0.4 is 22.3 Å². The first kappa shape index (κ1) is 25.4. The van der Waals surface area contributed by atoms with Crippen LogP contribution in [0, 0.1) is 5.82 Å². The quantitative estimate of drug-likeness (QED) is 0.355. The van der Waals surface area contributed by atoms with Crippen LogP contribution in [0.15, 0.2) is 39.0 Å². The standard InChI is InChI=1S/C21H21F4N7O3/c1-4-32-17(26)16(18(34)31(3)20(32)35)13(27-2)8-15(33)30-19-28-9-14(29-19)10-5-6-11(12(22)7-10)21(23,24)25/h5-7,9H,4,8,26H2,1-3H3,(H2,28,29,30,33). The van der Waals surface area contributed by atoms with Gasteiger partial charge in [0.2, 0.25) is 11.9 Å². The number of nitrogens with zero attached hydrogens (tertiary/aromatic N) is 4. The molecule has 35 heavy (non-hydrogen) atoms. The zero-order chi connectivity index (χ0) is 26.1. The smallest absolute Gasteiger partial charge is 0.384 e. The molecule has 3 rings (SSSR count). The molecule has 0 spiro atoms. The summed E-state index contributed by atoms with van der Waals surface area (Å²) in [5, 5.41) is 2.43. The maximum atomic E-state index is 13.9. The predicted octanol–water partition coefficient (Wildman–Crippen LogP) is 2.14. The van der Waals surface area contributed by atoms with Crippen LogP contribution in [0.4, 0.5) is 29.3 Å². The van der Waals surface area contributed by atoms with E-state index in [2.05, 4.69) is 20.3 Å². The molecular weight excluding hydrogens is 474 g/mol. The lowest BCUT2D eigenvalue weighted by Crippen LogP contribution is -2.42. The van der Waals surface area contributed by atoms with E-state index in [0.717, 1.165) is 10.6 Å². The fourth-order valence-corrected chi connectivity index (χ4v) is 3.41. The number of nitrogen functional groups attached to an aromatic ring is 1. The van der Waals surface area contributed by atoms with Crippen molar-refractivity contribution in [3.8, 4) is 11.3 Å². The number of carbonyl (C=O) groups is 1. The summed E-state index contributed by atoms with van der Waals surface area (Å²) in [4.78, 5) is 48.0. The second kappa shape index (κ2) is 9.56. The SMILES string of the molecule is CCn1c(N)c(C(CC(=O)Nc2ncc(-c3ccc(C(F)(F)F)c(F)c3)[nH]2)=NC)c(=O)n(C)c1=O. The van der Waals surface area contributed by atoms with E-state index in [0.29, 0.717) is 12.1 Å². The first-order chi connectivity index (χ1) is 16.4. The van der Waals surface area contributed by atoms with Gasteiger partial charge in [0.25, 0.3) is 5.56 Å². The van der Waals surface area contributed by atoms with Crippen molar-refractivity contribution in [2.75, 3.05) is 18.1 Å². The number of aromatic nitrogens is 4. The number of rotatable bonds is 6. The second-order valence-electron chi connectivity index (χ2n) is 7.38. The molecule has 0 saturated carbocycles. The number of benzene rings is 1. The number of halogens is 4. The number of hydrogen-bond donors (Lipinski definition) is 3. The maximum absolute atomic E-state index is 13.9. The van der Waals surface area contributed by atoms with Crippen molar-refractivity contribution in [2.45, 2.75) is 26.1 Å². The van der Waals surface area contributed by atoms with Crippen LogP contribution in [-0.4, -0.2) is 37.8 Å². The minimum absolute atomic E-state index is 0.0272. The molecule has 0 atom stereocenters. The highest BCUT2D eigenvalue weighted by Crippen LogP contribution is 2.33. The Balaban J connectivity index is 1.82. The molecule has 0 aliphatic carbocycles. The predicted molar refractivity (Wildman–Crippen MR) is 121 cm³/mol. The number of amides is 1. The molecule has 10 nitrogen and oxygen atoms in total. The van der Waals surface area contributed by atoms with E-state index >= 15 is 0 Å². The lowest BCUT2D eigenvalue weighted by atomic mass is 10.1. The summed E-state index contributed by atoms with van der Waals surface area (Å²) in [7, 11) is 2.63. The van der Waals surface area contributed by atoms with Gasteiger partial charge in [0.15, 0.2) is 0 Å². The zero-order valence-electron chi connectivity index (χ0n) is 18.8. The molecule has 4 N–H and O–H groups in total. The van der Waals surface area contributed by atoms with Gasteiger partial charge in [-0.2, -0.15) is 13.2 Å². The second-order valence-corrected chi connectivity index (χ2v) is 7.38. The number of hydrogen-bond acceptors (Lipinski definition) is 6. The molecule has 3 aromatic rings. The summed E-state index contributed by atoms with van der Waals surface area (Å²) in [6, 6.07) is 2.37. The molecular formula is C21H21F4N7O3. The van der Waals surface area contributed by atoms with E-state index in [4.69, 9.17) is 5.73 Å². The van der Waals surface area contributed by atoms with Crippen LogP contribution in [0.3, 0.4) is 0 Å². The van der Waals surface area contributed by atoms with Gasteiger partial charge in [-0.25, -0.2) is 14.2 Å². The van der Waals surface area contributed by atoms with E-state index in [-0.39, 0.29) is 40.8 Å². The molecule has 0 aliphatic rings. The highest BCUT2D eigenvalue weighted by atomic mass is 19.4. The Morgan fingerprint density at radius 2 is 1.97 bits per heavy atom. The largest absolute Gasteiger partial charge is 0.419 e. The van der Waals surface area contributed by atoms with Gasteiger partial charge >= 0.3 is 11.9 Å². The first-order valence-corrected chi connectivity index (χ1v) is 10.2. The first-order valence-electron chi connectivity index (χ1n) is 10.2. The third-order valence-electron chi connectivity index (χ3n) is 5.21. The van der Waals surface area contributed by atoms with Gasteiger partial charge in [0.1, 0.15) is 17.2 Å². The van der Waals surface area contributed by atoms with Crippen LogP contribution in [0.1, 0.15) is 24.5 Å². The van der Waals surface area contributed by atoms with Crippen molar-refractivity contribution >= 4 is 23.4 Å². The summed E-state index contributed by atoms with van der Waals surface area (Å²) in [6.45, 7) is 1.85. The molecule has 186 valence electrons. The summed E-state index contributed by atoms with van der Waals surface area (Å²) in [5.74, 6) is -2.30. The maximum Gasteiger partial charge on any atom is 0.419 e. The summed E-state index contributed by atoms with van der Waals surface area (Å²) < 4.78 is 54.2. The molecule has 1 aromatic carbocycles. The Labute approximate surface area is 195 Å². The number of H-pyrrole nitrogens is 1. The third kappa shape index (κ3) is 5.00. The van der Waals surface area contributed by atoms with Gasteiger partial charge in [-0.1, -0.05) is 6.07 Å². The third-order valence-corrected chi connectivity index (χ3v) is 5.21. The van der Waals surface area contributed by atoms with Gasteiger partial charge in [-0.05, 0) is 19.1 Å². The Kier molecular flexibility index (Phi) is 6.94. The van der Waals surface area contributed by atoms with Crippen molar-refractivity contribution in [2.24, 2.45) is 12.0 Å². The minimum atomic E-state index is -4.83. The van der Waals surface area contributed by atoms with E-state index < -0.39 is 41.1 Å². The lowest BCUT2D eigenvalue weighted by Gasteiger charge is -2.14. The Morgan fingerprint density at radius 1 is 1.29 bits per heavy atom. The molecule has 2 heterocycles. The van der Waals surface area contributed by atoms with Gasteiger partial charge in [-0.15, -0.1) is 0 Å². The molecule has 14 heteroatoms. The minimum Gasteiger partial charge on any atom is -0.384 e. The van der Waals surface area contributed by atoms with Crippen molar-refractivity contribution in [3.05, 3.63) is 62.2 Å². The van der Waals surface area contributed by atoms with Crippen LogP contribution in [0.5, 0.6) is 0 Å². The number of aromatic amines is 1. The summed E-state index contributed by atoms with van der Waals surface area (Å²) >= 11 is 0. The molecule has 0 fully saturated rings. The van der Waals surface area contributed by atoms with Crippen molar-refractivity contribution in [1.82, 2.24) is 19.1 Å². The molecule has 0 aliphatic heterocycles. The monoisotopic (exact) mass is 495 g/mol. The Hall–Kier alpha value is -4.23. The van der Waals surface area contributed by atoms with Crippen LogP contribution in [-0.2, 0) is 24.6 Å². The average molecular weight is 495 g/mol. The number of nitrogens with one attached hydrogen (secondary N) is 2. The zero-order valence-corrected chi connectivity index (χ0v) is 18.8. The number of carbonyl (C=O) groups excluding carboxylic acids is 1. The average Bonchev–Trinajstić information content (AvgIpc) is 3.24. The highest BCUT2D eigenvalue weighted by molar-refractivity contribution is 6.14. The molecule has 0 unspecified atom stereocenters. The van der Waals surface area contributed by atoms with Crippen LogP contribution in [0.25, 0.3) is 11.3 Å². The molecule has 0 saturated heterocycles. The van der Waals surface area contributed by atoms with Gasteiger partial charge in [-0.3, -0.25) is 29.0 Å². The lowest BCUT2D eigenvalue weighted by molar-refractivity contribution is -0.140. The number of nitrogens with two attached hydrogens (primary N) is 1. The van der Waals surface area contributed by atoms with E-state index in [1.54, 1.807) is 6.92 Å². The number of anilines is 2. The fraction of sp³-hybridized carbons (Fsp3) is 0.286. The van der Waals surface area contributed by atoms with E-state index in [1.165, 1.54) is 24.9 Å². The van der Waals surface area contributed by atoms with E-state index in [9.17, 15) is 31.9 Å². The van der Waals surface area contributed by atoms with Gasteiger partial charge in [0.05, 0.1) is 29.6 Å². The Bertz CT molecular complexity index is 1430. The number of aliphatic imine (C=N–C) groups is 1. The van der Waals surface area contributed by atoms with Crippen molar-refractivity contribution < 1.29 is 22.4 Å². The van der Waals surface area contributed by atoms with E-state index in [1.807, 2.05) is 0 Å². The molecule has 0 radical (unpaired) electrons. The summed E-state index contributed by atoms with van der Waals surface area (Å²) in [5.41, 5.74) is 3.45. The highest BCUT2D eigenvalue weighted by Gasteiger charge is 2.34. The molecule has 1 amide bonds. The topological polar surface area (TPSA) is 140 Å². The number of imidazole rings is 1.